The Morgan fingerprint density at radius 1 is 1.70 bits per heavy atom. The van der Waals surface area contributed by atoms with Gasteiger partial charge in [-0.3, -0.25) is 0 Å². The van der Waals surface area contributed by atoms with Crippen LogP contribution in [0.3, 0.4) is 0 Å². The first-order valence-electron chi connectivity index (χ1n) is 3.16. The van der Waals surface area contributed by atoms with Crippen molar-refractivity contribution in [2.24, 2.45) is 0 Å². The van der Waals surface area contributed by atoms with Crippen molar-refractivity contribution in [1.29, 1.82) is 0 Å². The van der Waals surface area contributed by atoms with E-state index in [0.29, 0.717) is 12.8 Å². The second-order valence-electron chi connectivity index (χ2n) is 2.40. The fraction of sp³-hybridized carbons (Fsp3) is 0.833. The highest BCUT2D eigenvalue weighted by Gasteiger charge is 2.29. The van der Waals surface area contributed by atoms with Crippen LogP contribution in [0.25, 0.3) is 0 Å². The monoisotopic (exact) mass is 148 g/mol. The van der Waals surface area contributed by atoms with Crippen molar-refractivity contribution in [2.45, 2.75) is 25.1 Å². The van der Waals surface area contributed by atoms with Crippen LogP contribution in [0, 0.1) is 0 Å². The molecule has 3 nitrogen and oxygen atoms in total. The molecule has 1 N–H and O–H groups in total. The van der Waals surface area contributed by atoms with E-state index in [1.165, 1.54) is 0 Å². The minimum atomic E-state index is -0.998. The van der Waals surface area contributed by atoms with E-state index in [9.17, 15) is 9.18 Å². The number of carboxylic acids is 1. The SMILES string of the molecule is O=C(O)CO[C@H]1C[C@H](F)C1. The molecule has 0 atom stereocenters. The van der Waals surface area contributed by atoms with Crippen LogP contribution in [0.5, 0.6) is 0 Å². The quantitative estimate of drug-likeness (QED) is 0.637. The molecule has 10 heavy (non-hydrogen) atoms. The summed E-state index contributed by atoms with van der Waals surface area (Å²) in [6, 6.07) is 0. The average molecular weight is 148 g/mol. The summed E-state index contributed by atoms with van der Waals surface area (Å²) < 4.78 is 16.8. The molecule has 1 rings (SSSR count). The first-order chi connectivity index (χ1) is 4.68. The number of alkyl halides is 1. The van der Waals surface area contributed by atoms with Crippen LogP contribution in [0.15, 0.2) is 0 Å². The molecule has 0 bridgehead atoms. The highest BCUT2D eigenvalue weighted by Crippen LogP contribution is 2.25. The molecule has 0 aromatic heterocycles. The summed E-state index contributed by atoms with van der Waals surface area (Å²) in [6.45, 7) is -0.308. The van der Waals surface area contributed by atoms with Crippen LogP contribution in [0.1, 0.15) is 12.8 Å². The second kappa shape index (κ2) is 2.96. The van der Waals surface area contributed by atoms with E-state index in [-0.39, 0.29) is 12.7 Å². The van der Waals surface area contributed by atoms with Gasteiger partial charge in [-0.1, -0.05) is 0 Å². The zero-order chi connectivity index (χ0) is 7.56. The van der Waals surface area contributed by atoms with Crippen LogP contribution in [-0.2, 0) is 9.53 Å². The number of rotatable bonds is 3. The fourth-order valence-corrected chi connectivity index (χ4v) is 0.827. The van der Waals surface area contributed by atoms with Gasteiger partial charge < -0.3 is 9.84 Å². The van der Waals surface area contributed by atoms with Crippen molar-refractivity contribution < 1.29 is 19.0 Å². The Morgan fingerprint density at radius 2 is 2.30 bits per heavy atom. The lowest BCUT2D eigenvalue weighted by Crippen LogP contribution is -2.33. The third kappa shape index (κ3) is 1.95. The van der Waals surface area contributed by atoms with E-state index >= 15 is 0 Å². The Hall–Kier alpha value is -0.640. The lowest BCUT2D eigenvalue weighted by Gasteiger charge is -2.28. The van der Waals surface area contributed by atoms with Crippen LogP contribution in [0.2, 0.25) is 0 Å². The van der Waals surface area contributed by atoms with Crippen LogP contribution in [0.4, 0.5) is 4.39 Å². The average Bonchev–Trinajstić information content (AvgIpc) is 1.77. The predicted molar refractivity (Wildman–Crippen MR) is 31.5 cm³/mol. The number of ether oxygens (including phenoxy) is 1. The first-order valence-corrected chi connectivity index (χ1v) is 3.16. The number of halogens is 1. The van der Waals surface area contributed by atoms with Gasteiger partial charge in [0.05, 0.1) is 6.10 Å². The molecule has 0 aromatic carbocycles. The summed E-state index contributed by atoms with van der Waals surface area (Å²) >= 11 is 0. The molecule has 0 aliphatic heterocycles. The smallest absolute Gasteiger partial charge is 0.329 e. The first kappa shape index (κ1) is 7.47. The van der Waals surface area contributed by atoms with Gasteiger partial charge in [0.2, 0.25) is 0 Å². The lowest BCUT2D eigenvalue weighted by molar-refractivity contribution is -0.147. The van der Waals surface area contributed by atoms with Gasteiger partial charge in [0, 0.05) is 12.8 Å². The molecule has 58 valence electrons. The van der Waals surface area contributed by atoms with Crippen molar-refractivity contribution >= 4 is 5.97 Å². The van der Waals surface area contributed by atoms with Gasteiger partial charge >= 0.3 is 5.97 Å². The summed E-state index contributed by atoms with van der Waals surface area (Å²) in [5, 5.41) is 8.13. The summed E-state index contributed by atoms with van der Waals surface area (Å²) in [4.78, 5) is 9.91. The Kier molecular flexibility index (Phi) is 2.21. The topological polar surface area (TPSA) is 46.5 Å². The van der Waals surface area contributed by atoms with Crippen molar-refractivity contribution in [3.8, 4) is 0 Å². The summed E-state index contributed by atoms with van der Waals surface area (Å²) in [7, 11) is 0. The van der Waals surface area contributed by atoms with E-state index < -0.39 is 12.1 Å². The largest absolute Gasteiger partial charge is 0.480 e. The van der Waals surface area contributed by atoms with Crippen LogP contribution in [-0.4, -0.2) is 30.0 Å². The third-order valence-electron chi connectivity index (χ3n) is 1.48. The normalized spacial score (nSPS) is 31.3. The van der Waals surface area contributed by atoms with Gasteiger partial charge in [-0.25, -0.2) is 9.18 Å². The Labute approximate surface area is 57.8 Å². The van der Waals surface area contributed by atoms with Crippen molar-refractivity contribution in [3.63, 3.8) is 0 Å². The minimum absolute atomic E-state index is 0.161. The minimum Gasteiger partial charge on any atom is -0.480 e. The standard InChI is InChI=1S/C6H9FO3/c7-4-1-5(2-4)10-3-6(8)9/h4-5H,1-3H2,(H,8,9)/t4-,5-. The molecule has 1 fully saturated rings. The fourth-order valence-electron chi connectivity index (χ4n) is 0.827. The predicted octanol–water partition coefficient (Wildman–Crippen LogP) is 0.588. The van der Waals surface area contributed by atoms with Gasteiger partial charge in [-0.05, 0) is 0 Å². The van der Waals surface area contributed by atoms with Crippen molar-refractivity contribution in [3.05, 3.63) is 0 Å². The maximum atomic E-state index is 12.1. The van der Waals surface area contributed by atoms with Gasteiger partial charge in [0.25, 0.3) is 0 Å². The number of hydrogen-bond acceptors (Lipinski definition) is 2. The van der Waals surface area contributed by atoms with E-state index in [1.54, 1.807) is 0 Å². The second-order valence-corrected chi connectivity index (χ2v) is 2.40. The van der Waals surface area contributed by atoms with Gasteiger partial charge in [-0.15, -0.1) is 0 Å². The maximum absolute atomic E-state index is 12.1. The highest BCUT2D eigenvalue weighted by atomic mass is 19.1. The summed E-state index contributed by atoms with van der Waals surface area (Å²) in [6.07, 6.45) is -0.231. The number of hydrogen-bond donors (Lipinski definition) is 1. The molecule has 1 saturated carbocycles. The van der Waals surface area contributed by atoms with Gasteiger partial charge in [0.1, 0.15) is 12.8 Å². The number of aliphatic carboxylic acids is 1. The number of carboxylic acid groups (broad SMARTS) is 1. The van der Waals surface area contributed by atoms with E-state index in [4.69, 9.17) is 9.84 Å². The van der Waals surface area contributed by atoms with E-state index in [1.807, 2.05) is 0 Å². The molecule has 1 aliphatic carbocycles. The van der Waals surface area contributed by atoms with Crippen molar-refractivity contribution in [1.82, 2.24) is 0 Å². The molecule has 0 amide bonds. The Bertz CT molecular complexity index is 131. The molecular weight excluding hydrogens is 139 g/mol. The molecule has 0 unspecified atom stereocenters. The van der Waals surface area contributed by atoms with Crippen molar-refractivity contribution in [2.75, 3.05) is 6.61 Å². The van der Waals surface area contributed by atoms with E-state index in [2.05, 4.69) is 0 Å². The molecule has 0 heterocycles. The molecule has 0 spiro atoms. The molecule has 0 saturated heterocycles. The van der Waals surface area contributed by atoms with E-state index in [0.717, 1.165) is 0 Å². The zero-order valence-electron chi connectivity index (χ0n) is 5.42. The van der Waals surface area contributed by atoms with Gasteiger partial charge in [-0.2, -0.15) is 0 Å². The molecule has 4 heteroatoms. The van der Waals surface area contributed by atoms with Crippen LogP contribution >= 0.6 is 0 Å². The summed E-state index contributed by atoms with van der Waals surface area (Å²) in [5.41, 5.74) is 0. The van der Waals surface area contributed by atoms with Crippen LogP contribution < -0.4 is 0 Å². The summed E-state index contributed by atoms with van der Waals surface area (Å²) in [5.74, 6) is -0.998. The lowest BCUT2D eigenvalue weighted by atomic mass is 9.94. The Balaban J connectivity index is 2.00. The maximum Gasteiger partial charge on any atom is 0.329 e. The Morgan fingerprint density at radius 3 is 2.70 bits per heavy atom. The third-order valence-corrected chi connectivity index (χ3v) is 1.48. The molecule has 0 radical (unpaired) electrons. The zero-order valence-corrected chi connectivity index (χ0v) is 5.42. The highest BCUT2D eigenvalue weighted by molar-refractivity contribution is 5.68. The van der Waals surface area contributed by atoms with Gasteiger partial charge in [0.15, 0.2) is 0 Å². The molecule has 1 aliphatic rings. The molecular formula is C6H9FO3. The number of carbonyl (C=O) groups is 1. The molecule has 0 aromatic rings.